The van der Waals surface area contributed by atoms with Crippen LogP contribution in [-0.2, 0) is 29.0 Å². The number of carbonyl (C=O) groups excluding carboxylic acids is 1. The van der Waals surface area contributed by atoms with Gasteiger partial charge in [-0.15, -0.1) is 0 Å². The fraction of sp³-hybridized carbons (Fsp3) is 0.509. The summed E-state index contributed by atoms with van der Waals surface area (Å²) < 4.78 is 83.6. The Labute approximate surface area is 407 Å². The van der Waals surface area contributed by atoms with E-state index in [2.05, 4.69) is 14.7 Å². The van der Waals surface area contributed by atoms with Crippen LogP contribution >= 0.6 is 0 Å². The van der Waals surface area contributed by atoms with E-state index in [4.69, 9.17) is 43.4 Å². The summed E-state index contributed by atoms with van der Waals surface area (Å²) >= 11 is 0. The summed E-state index contributed by atoms with van der Waals surface area (Å²) in [6, 6.07) is 18.5. The number of rotatable bonds is 13. The maximum absolute atomic E-state index is 18.2. The molecule has 14 nitrogen and oxygen atoms in total. The van der Waals surface area contributed by atoms with Crippen LogP contribution in [0.15, 0.2) is 60.7 Å². The molecule has 17 heteroatoms. The van der Waals surface area contributed by atoms with E-state index in [1.807, 2.05) is 87.2 Å². The molecule has 3 aromatic carbocycles. The molecule has 10 rings (SSSR count). The Bertz CT molecular complexity index is 2670. The van der Waals surface area contributed by atoms with Gasteiger partial charge in [-0.25, -0.2) is 22.9 Å². The highest BCUT2D eigenvalue weighted by Gasteiger charge is 2.54. The molecule has 2 bridgehead atoms. The summed E-state index contributed by atoms with van der Waals surface area (Å²) in [7, 11) is 3.23. The molecule has 4 saturated heterocycles. The molecule has 0 N–H and O–H groups in total. The van der Waals surface area contributed by atoms with Crippen LogP contribution in [0.2, 0.25) is 0 Å². The Balaban J connectivity index is 1.11. The number of alkyl halides is 2. The van der Waals surface area contributed by atoms with Crippen LogP contribution < -0.4 is 28.7 Å². The summed E-state index contributed by atoms with van der Waals surface area (Å²) in [6.07, 6.45) is -1.08. The van der Waals surface area contributed by atoms with Gasteiger partial charge in [0.2, 0.25) is 12.3 Å². The van der Waals surface area contributed by atoms with Gasteiger partial charge in [0, 0.05) is 55.9 Å². The minimum atomic E-state index is -2.74. The lowest BCUT2D eigenvalue weighted by Gasteiger charge is -2.48. The minimum Gasteiger partial charge on any atom is -0.497 e. The number of ether oxygens (including phenoxy) is 6. The highest BCUT2D eigenvalue weighted by Crippen LogP contribution is 2.48. The molecule has 4 fully saturated rings. The Kier molecular flexibility index (Phi) is 13.1. The number of morpholine rings is 1. The number of hydrogen-bond acceptors (Lipinski definition) is 13. The molecule has 70 heavy (non-hydrogen) atoms. The highest BCUT2D eigenvalue weighted by atomic mass is 19.3. The SMILES string of the molecule is COc1ccc(CN(Cc2ccc(OC)cc2)c2cc(C)c(CC(F)F)c(-c3nc4c5c(nc(OC[C@@H]6CC[C@H]7COCCN76)nc5c3F)N3C[C@H]5CC[C@@H]([C@H]3[C@H](C)O4)N5C(=O)OC(C)(C)C)c2)cc1. The van der Waals surface area contributed by atoms with Gasteiger partial charge < -0.3 is 38.2 Å². The van der Waals surface area contributed by atoms with Gasteiger partial charge in [0.25, 0.3) is 0 Å². The average Bonchev–Trinajstić information content (AvgIpc) is 3.86. The number of hydrogen-bond donors (Lipinski definition) is 0. The van der Waals surface area contributed by atoms with E-state index < -0.39 is 42.5 Å². The Morgan fingerprint density at radius 1 is 0.914 bits per heavy atom. The van der Waals surface area contributed by atoms with Crippen LogP contribution in [0.25, 0.3) is 22.2 Å². The van der Waals surface area contributed by atoms with Gasteiger partial charge in [0.1, 0.15) is 52.2 Å². The molecule has 5 aliphatic rings. The normalized spacial score (nSPS) is 22.9. The maximum atomic E-state index is 18.2. The molecule has 0 unspecified atom stereocenters. The number of benzene rings is 3. The maximum Gasteiger partial charge on any atom is 0.410 e. The molecule has 0 saturated carbocycles. The van der Waals surface area contributed by atoms with Crippen molar-refractivity contribution in [3.8, 4) is 34.6 Å². The summed E-state index contributed by atoms with van der Waals surface area (Å²) in [5, 5.41) is 0.256. The molecule has 5 aromatic rings. The van der Waals surface area contributed by atoms with E-state index in [1.165, 1.54) is 0 Å². The summed E-state index contributed by atoms with van der Waals surface area (Å²) in [4.78, 5) is 37.2. The lowest BCUT2D eigenvalue weighted by Crippen LogP contribution is -2.65. The van der Waals surface area contributed by atoms with E-state index in [0.29, 0.717) is 73.9 Å². The van der Waals surface area contributed by atoms with Gasteiger partial charge in [-0.1, -0.05) is 24.3 Å². The zero-order valence-electron chi connectivity index (χ0n) is 40.9. The first-order chi connectivity index (χ1) is 33.7. The second kappa shape index (κ2) is 19.3. The summed E-state index contributed by atoms with van der Waals surface area (Å²) in [5.74, 6) is 1.07. The van der Waals surface area contributed by atoms with Crippen molar-refractivity contribution in [1.29, 1.82) is 0 Å². The number of nitrogens with zero attached hydrogens (tertiary/aromatic N) is 7. The molecule has 0 radical (unpaired) electrons. The number of anilines is 2. The second-order valence-electron chi connectivity index (χ2n) is 20.2. The Morgan fingerprint density at radius 3 is 2.26 bits per heavy atom. The van der Waals surface area contributed by atoms with E-state index in [0.717, 1.165) is 36.9 Å². The van der Waals surface area contributed by atoms with E-state index in [1.54, 1.807) is 27.2 Å². The van der Waals surface area contributed by atoms with Gasteiger partial charge in [-0.2, -0.15) is 9.97 Å². The van der Waals surface area contributed by atoms with Crippen molar-refractivity contribution >= 4 is 28.5 Å². The van der Waals surface area contributed by atoms with Crippen molar-refractivity contribution < 1.29 is 46.4 Å². The number of aryl methyl sites for hydroxylation is 1. The van der Waals surface area contributed by atoms with E-state index in [-0.39, 0.29) is 64.3 Å². The zero-order chi connectivity index (χ0) is 49.0. The van der Waals surface area contributed by atoms with Crippen LogP contribution in [0.1, 0.15) is 75.6 Å². The van der Waals surface area contributed by atoms with E-state index >= 15 is 4.39 Å². The fourth-order valence-corrected chi connectivity index (χ4v) is 11.3. The van der Waals surface area contributed by atoms with Crippen molar-refractivity contribution in [3.05, 3.63) is 88.7 Å². The Morgan fingerprint density at radius 2 is 1.60 bits per heavy atom. The lowest BCUT2D eigenvalue weighted by molar-refractivity contribution is -0.0101. The number of aromatic nitrogens is 3. The van der Waals surface area contributed by atoms with Gasteiger partial charge >= 0.3 is 12.1 Å². The van der Waals surface area contributed by atoms with Crippen LogP contribution in [0.3, 0.4) is 0 Å². The van der Waals surface area contributed by atoms with Crippen molar-refractivity contribution in [2.75, 3.05) is 56.9 Å². The predicted molar refractivity (Wildman–Crippen MR) is 259 cm³/mol. The molecule has 6 atom stereocenters. The van der Waals surface area contributed by atoms with Gasteiger partial charge in [-0.05, 0) is 119 Å². The Hall–Kier alpha value is -6.07. The number of piperazine rings is 1. The quantitative estimate of drug-likeness (QED) is 0.112. The number of halogens is 3. The molecule has 5 aliphatic heterocycles. The van der Waals surface area contributed by atoms with Crippen LogP contribution in [0.5, 0.6) is 23.4 Å². The highest BCUT2D eigenvalue weighted by molar-refractivity contribution is 5.98. The van der Waals surface area contributed by atoms with Crippen molar-refractivity contribution in [3.63, 3.8) is 0 Å². The van der Waals surface area contributed by atoms with Crippen molar-refractivity contribution in [1.82, 2.24) is 24.8 Å². The monoisotopic (exact) mass is 965 g/mol. The van der Waals surface area contributed by atoms with Gasteiger partial charge in [0.05, 0.1) is 45.6 Å². The molecule has 372 valence electrons. The first-order valence-corrected chi connectivity index (χ1v) is 24.4. The average molecular weight is 966 g/mol. The third kappa shape index (κ3) is 9.34. The zero-order valence-corrected chi connectivity index (χ0v) is 40.9. The third-order valence-corrected chi connectivity index (χ3v) is 14.6. The summed E-state index contributed by atoms with van der Waals surface area (Å²) in [5.41, 5.74) is 2.62. The van der Waals surface area contributed by atoms with Gasteiger partial charge in [0.15, 0.2) is 5.82 Å². The number of carbonyl (C=O) groups is 1. The molecule has 0 aliphatic carbocycles. The number of amides is 1. The molecule has 2 aromatic heterocycles. The lowest BCUT2D eigenvalue weighted by atomic mass is 9.94. The third-order valence-electron chi connectivity index (χ3n) is 14.6. The summed E-state index contributed by atoms with van der Waals surface area (Å²) in [6.45, 7) is 12.8. The topological polar surface area (TPSA) is 124 Å². The molecular weight excluding hydrogens is 904 g/mol. The second-order valence-corrected chi connectivity index (χ2v) is 20.2. The molecule has 7 heterocycles. The smallest absolute Gasteiger partial charge is 0.410 e. The largest absolute Gasteiger partial charge is 0.497 e. The number of fused-ring (bicyclic) bond motifs is 6. The molecular formula is C53H62F3N7O7. The standard InChI is InChI=1S/C53H62F3N7O7/c1-30-22-37(60(25-32-8-15-38(65-6)16-9-32)26-33-10-17-39(66-7)18-11-33)23-41(40(30)24-43(54)55)46-45(56)47-44-49(59-51(58-47)68-29-36-13-12-35-28-67-21-20-61(35)36)62-27-34-14-19-42(48(62)31(2)69-50(44)57-46)63(34)52(64)70-53(3,4)5/h8-11,15-18,22-23,31,34-36,42-43,48H,12-14,19-21,24-29H2,1-7H3/t31-,34+,35-,36-,42-,48+/m0/s1. The van der Waals surface area contributed by atoms with Gasteiger partial charge in [-0.3, -0.25) is 9.80 Å². The van der Waals surface area contributed by atoms with Crippen molar-refractivity contribution in [2.45, 2.75) is 128 Å². The number of methoxy groups -OCH3 is 2. The first-order valence-electron chi connectivity index (χ1n) is 24.4. The minimum absolute atomic E-state index is 0.0145. The van der Waals surface area contributed by atoms with Crippen LogP contribution in [-0.4, -0.2) is 126 Å². The van der Waals surface area contributed by atoms with Crippen LogP contribution in [0, 0.1) is 12.7 Å². The predicted octanol–water partition coefficient (Wildman–Crippen LogP) is 9.15. The fourth-order valence-electron chi connectivity index (χ4n) is 11.3. The van der Waals surface area contributed by atoms with E-state index in [9.17, 15) is 13.6 Å². The van der Waals surface area contributed by atoms with Crippen LogP contribution in [0.4, 0.5) is 29.5 Å². The number of pyridine rings is 1. The molecule has 0 spiro atoms. The first kappa shape index (κ1) is 47.6. The van der Waals surface area contributed by atoms with Crippen molar-refractivity contribution in [2.24, 2.45) is 0 Å². The molecule has 1 amide bonds.